The molecule has 102 valence electrons. The lowest BCUT2D eigenvalue weighted by Gasteiger charge is -2.28. The van der Waals surface area contributed by atoms with E-state index in [0.717, 1.165) is 18.1 Å². The van der Waals surface area contributed by atoms with Crippen LogP contribution >= 0.6 is 0 Å². The second kappa shape index (κ2) is 6.29. The van der Waals surface area contributed by atoms with E-state index in [4.69, 9.17) is 9.26 Å². The fraction of sp³-hybridized carbons (Fsp3) is 0.846. The molecule has 1 aliphatic rings. The van der Waals surface area contributed by atoms with Crippen molar-refractivity contribution in [1.29, 1.82) is 0 Å². The molecule has 1 saturated carbocycles. The Morgan fingerprint density at radius 1 is 1.44 bits per heavy atom. The minimum Gasteiger partial charge on any atom is -0.381 e. The second-order valence-corrected chi connectivity index (χ2v) is 5.09. The number of hydrogen-bond donors (Lipinski definition) is 1. The van der Waals surface area contributed by atoms with Gasteiger partial charge in [-0.3, -0.25) is 0 Å². The highest BCUT2D eigenvalue weighted by molar-refractivity contribution is 5.01. The predicted molar refractivity (Wildman–Crippen MR) is 68.5 cm³/mol. The van der Waals surface area contributed by atoms with Crippen LogP contribution in [0.5, 0.6) is 0 Å². The lowest BCUT2D eigenvalue weighted by Crippen LogP contribution is -2.34. The number of nitrogens with one attached hydrogen (secondary N) is 1. The van der Waals surface area contributed by atoms with Gasteiger partial charge in [-0.15, -0.1) is 0 Å². The van der Waals surface area contributed by atoms with E-state index in [0.29, 0.717) is 18.4 Å². The highest BCUT2D eigenvalue weighted by Gasteiger charge is 2.29. The second-order valence-electron chi connectivity index (χ2n) is 5.09. The van der Waals surface area contributed by atoms with Crippen LogP contribution in [0, 0.1) is 0 Å². The third-order valence-corrected chi connectivity index (χ3v) is 3.81. The van der Waals surface area contributed by atoms with Crippen molar-refractivity contribution >= 4 is 0 Å². The van der Waals surface area contributed by atoms with Crippen molar-refractivity contribution in [3.8, 4) is 0 Å². The molecule has 0 aliphatic heterocycles. The monoisotopic (exact) mass is 253 g/mol. The van der Waals surface area contributed by atoms with Crippen LogP contribution in [0.25, 0.3) is 0 Å². The van der Waals surface area contributed by atoms with E-state index in [-0.39, 0.29) is 6.10 Å². The zero-order chi connectivity index (χ0) is 13.0. The fourth-order valence-electron chi connectivity index (χ4n) is 2.61. The molecule has 0 bridgehead atoms. The van der Waals surface area contributed by atoms with Gasteiger partial charge < -0.3 is 14.6 Å². The maximum absolute atomic E-state index is 5.42. The molecule has 1 aliphatic carbocycles. The standard InChI is InChI=1S/C13H23N3O2/c1-9(17-3)8-12-15-13(18-16-12)10-6-4-5-7-11(10)14-2/h9-11,14H,4-8H2,1-3H3. The molecule has 1 aromatic heterocycles. The average Bonchev–Trinajstić information content (AvgIpc) is 2.86. The molecule has 0 amide bonds. The number of ether oxygens (including phenoxy) is 1. The van der Waals surface area contributed by atoms with Crippen LogP contribution in [0.3, 0.4) is 0 Å². The van der Waals surface area contributed by atoms with Gasteiger partial charge in [0.25, 0.3) is 0 Å². The van der Waals surface area contributed by atoms with Crippen molar-refractivity contribution in [3.63, 3.8) is 0 Å². The van der Waals surface area contributed by atoms with Gasteiger partial charge in [0.05, 0.1) is 12.0 Å². The lowest BCUT2D eigenvalue weighted by molar-refractivity contribution is 0.116. The molecule has 5 heteroatoms. The van der Waals surface area contributed by atoms with Crippen molar-refractivity contribution in [2.45, 2.75) is 57.1 Å². The fourth-order valence-corrected chi connectivity index (χ4v) is 2.61. The van der Waals surface area contributed by atoms with Crippen LogP contribution in [-0.2, 0) is 11.2 Å². The Bertz CT molecular complexity index is 367. The summed E-state index contributed by atoms with van der Waals surface area (Å²) in [6.45, 7) is 2.01. The summed E-state index contributed by atoms with van der Waals surface area (Å²) in [5, 5.41) is 7.42. The first-order valence-electron chi connectivity index (χ1n) is 6.77. The van der Waals surface area contributed by atoms with Crippen molar-refractivity contribution in [2.24, 2.45) is 0 Å². The van der Waals surface area contributed by atoms with E-state index in [1.807, 2.05) is 14.0 Å². The number of methoxy groups -OCH3 is 1. The highest BCUT2D eigenvalue weighted by atomic mass is 16.5. The number of rotatable bonds is 5. The summed E-state index contributed by atoms with van der Waals surface area (Å²) in [6, 6.07) is 0.465. The van der Waals surface area contributed by atoms with Gasteiger partial charge >= 0.3 is 0 Å². The Kier molecular flexibility index (Phi) is 4.72. The minimum atomic E-state index is 0.127. The van der Waals surface area contributed by atoms with Crippen LogP contribution in [-0.4, -0.2) is 36.4 Å². The molecule has 0 spiro atoms. The SMILES string of the molecule is CNC1CCCCC1c1nc(CC(C)OC)no1. The smallest absolute Gasteiger partial charge is 0.231 e. The third-order valence-electron chi connectivity index (χ3n) is 3.81. The van der Waals surface area contributed by atoms with Gasteiger partial charge in [0.2, 0.25) is 5.89 Å². The molecule has 1 fully saturated rings. The molecular weight excluding hydrogens is 230 g/mol. The third kappa shape index (κ3) is 3.09. The topological polar surface area (TPSA) is 60.2 Å². The van der Waals surface area contributed by atoms with E-state index in [1.54, 1.807) is 7.11 Å². The number of aromatic nitrogens is 2. The van der Waals surface area contributed by atoms with Crippen LogP contribution in [0.15, 0.2) is 4.52 Å². The summed E-state index contributed by atoms with van der Waals surface area (Å²) in [7, 11) is 3.71. The summed E-state index contributed by atoms with van der Waals surface area (Å²) in [6.07, 6.45) is 5.68. The molecule has 0 radical (unpaired) electrons. The van der Waals surface area contributed by atoms with E-state index < -0.39 is 0 Å². The average molecular weight is 253 g/mol. The summed E-state index contributed by atoms with van der Waals surface area (Å²) in [5.74, 6) is 1.90. The summed E-state index contributed by atoms with van der Waals surface area (Å²) >= 11 is 0. The molecule has 0 saturated heterocycles. The van der Waals surface area contributed by atoms with Gasteiger partial charge in [0.15, 0.2) is 5.82 Å². The van der Waals surface area contributed by atoms with Crippen molar-refractivity contribution in [3.05, 3.63) is 11.7 Å². The molecular formula is C13H23N3O2. The Balaban J connectivity index is 2.03. The zero-order valence-corrected chi connectivity index (χ0v) is 11.5. The van der Waals surface area contributed by atoms with Gasteiger partial charge in [-0.2, -0.15) is 4.98 Å². The van der Waals surface area contributed by atoms with Crippen LogP contribution in [0.1, 0.15) is 50.2 Å². The molecule has 3 atom stereocenters. The number of hydrogen-bond acceptors (Lipinski definition) is 5. The quantitative estimate of drug-likeness (QED) is 0.868. The Labute approximate surface area is 108 Å². The van der Waals surface area contributed by atoms with Crippen LogP contribution < -0.4 is 5.32 Å². The summed E-state index contributed by atoms with van der Waals surface area (Å²) in [4.78, 5) is 4.52. The van der Waals surface area contributed by atoms with Gasteiger partial charge in [0.1, 0.15) is 0 Å². The number of likely N-dealkylation sites (N-methyl/N-ethyl adjacent to an activating group) is 1. The maximum atomic E-state index is 5.42. The molecule has 2 rings (SSSR count). The first kappa shape index (κ1) is 13.5. The van der Waals surface area contributed by atoms with E-state index >= 15 is 0 Å². The van der Waals surface area contributed by atoms with E-state index in [2.05, 4.69) is 15.5 Å². The predicted octanol–water partition coefficient (Wildman–Crippen LogP) is 1.89. The number of nitrogens with zero attached hydrogens (tertiary/aromatic N) is 2. The molecule has 5 nitrogen and oxygen atoms in total. The van der Waals surface area contributed by atoms with Crippen LogP contribution in [0.4, 0.5) is 0 Å². The van der Waals surface area contributed by atoms with Crippen molar-refractivity contribution in [1.82, 2.24) is 15.5 Å². The zero-order valence-electron chi connectivity index (χ0n) is 11.5. The van der Waals surface area contributed by atoms with Crippen LogP contribution in [0.2, 0.25) is 0 Å². The Morgan fingerprint density at radius 3 is 2.94 bits per heavy atom. The van der Waals surface area contributed by atoms with Crippen molar-refractivity contribution in [2.75, 3.05) is 14.2 Å². The normalized spacial score (nSPS) is 26.2. The highest BCUT2D eigenvalue weighted by Crippen LogP contribution is 2.32. The molecule has 1 heterocycles. The Hall–Kier alpha value is -0.940. The van der Waals surface area contributed by atoms with E-state index in [1.165, 1.54) is 19.3 Å². The largest absolute Gasteiger partial charge is 0.381 e. The van der Waals surface area contributed by atoms with Gasteiger partial charge in [-0.1, -0.05) is 18.0 Å². The lowest BCUT2D eigenvalue weighted by atomic mass is 9.84. The van der Waals surface area contributed by atoms with Gasteiger partial charge in [0, 0.05) is 19.6 Å². The molecule has 1 aromatic rings. The van der Waals surface area contributed by atoms with Gasteiger partial charge in [-0.25, -0.2) is 0 Å². The molecule has 0 aromatic carbocycles. The summed E-state index contributed by atoms with van der Waals surface area (Å²) in [5.41, 5.74) is 0. The van der Waals surface area contributed by atoms with Crippen molar-refractivity contribution < 1.29 is 9.26 Å². The molecule has 3 unspecified atom stereocenters. The Morgan fingerprint density at radius 2 is 2.22 bits per heavy atom. The molecule has 18 heavy (non-hydrogen) atoms. The first-order chi connectivity index (χ1) is 8.74. The maximum Gasteiger partial charge on any atom is 0.231 e. The van der Waals surface area contributed by atoms with Gasteiger partial charge in [-0.05, 0) is 26.8 Å². The summed E-state index contributed by atoms with van der Waals surface area (Å²) < 4.78 is 10.6. The van der Waals surface area contributed by atoms with E-state index in [9.17, 15) is 0 Å². The minimum absolute atomic E-state index is 0.127. The molecule has 1 N–H and O–H groups in total. The first-order valence-corrected chi connectivity index (χ1v) is 6.77.